The molecule has 2 saturated carbocycles. The van der Waals surface area contributed by atoms with E-state index in [1.807, 2.05) is 17.9 Å². The van der Waals surface area contributed by atoms with E-state index in [0.717, 1.165) is 50.0 Å². The summed E-state index contributed by atoms with van der Waals surface area (Å²) in [6, 6.07) is 3.40. The predicted octanol–water partition coefficient (Wildman–Crippen LogP) is 2.73. The molecule has 2 saturated heterocycles. The molecule has 39 heavy (non-hydrogen) atoms. The van der Waals surface area contributed by atoms with Crippen LogP contribution in [0, 0.1) is 18.8 Å². The van der Waals surface area contributed by atoms with Crippen molar-refractivity contribution < 1.29 is 14.3 Å². The normalized spacial score (nSPS) is 27.4. The molecule has 1 unspecified atom stereocenters. The Balaban J connectivity index is 0.00000210. The first kappa shape index (κ1) is 31.9. The number of ether oxygens (including phenoxy) is 1. The average Bonchev–Trinajstić information content (AvgIpc) is 3.67. The van der Waals surface area contributed by atoms with Crippen molar-refractivity contribution in [2.75, 3.05) is 38.5 Å². The molecule has 4 aliphatic rings. The maximum Gasteiger partial charge on any atom is 0.246 e. The van der Waals surface area contributed by atoms with Crippen LogP contribution in [0.25, 0.3) is 0 Å². The fourth-order valence-electron chi connectivity index (χ4n) is 6.76. The zero-order valence-electron chi connectivity index (χ0n) is 23.1. The van der Waals surface area contributed by atoms with E-state index < -0.39 is 5.54 Å². The molecule has 4 fully saturated rings. The van der Waals surface area contributed by atoms with E-state index in [4.69, 9.17) is 10.5 Å². The Hall–Kier alpha value is -1.65. The number of aryl methyl sites for hydroxylation is 1. The standard InChI is InChI=1S/C28H44N6O3.2ClH/c1-19-21(9-10-25(29)33-19)16-32-27(36)28-15-22(28)8-5-12-34(28)26(35)24(14-20-6-3-2-4-7-20)31-18-23-17-30-11-13-37-23;;/h9-10,20,22-24,30-31H,2-8,11-18H2,1H3,(H2,29,33)(H,32,36);2*1H/t22-,23?,24-,28+;;/m1../s1. The second-order valence-corrected chi connectivity index (χ2v) is 11.5. The van der Waals surface area contributed by atoms with Gasteiger partial charge >= 0.3 is 0 Å². The molecule has 4 atom stereocenters. The topological polar surface area (TPSA) is 122 Å². The molecule has 11 heteroatoms. The monoisotopic (exact) mass is 584 g/mol. The SMILES string of the molecule is Cc1nc(N)ccc1CNC(=O)[C@]12C[C@H]1CCCN2C(=O)[C@@H](CC1CCCCC1)NCC1CNCCO1.Cl.Cl. The summed E-state index contributed by atoms with van der Waals surface area (Å²) >= 11 is 0. The number of hydrogen-bond acceptors (Lipinski definition) is 7. The van der Waals surface area contributed by atoms with Crippen LogP contribution in [0.1, 0.15) is 69.0 Å². The second-order valence-electron chi connectivity index (χ2n) is 11.5. The maximum atomic E-state index is 14.2. The van der Waals surface area contributed by atoms with E-state index in [-0.39, 0.29) is 54.7 Å². The van der Waals surface area contributed by atoms with Crippen molar-refractivity contribution in [3.63, 3.8) is 0 Å². The number of likely N-dealkylation sites (tertiary alicyclic amines) is 1. The molecule has 0 bridgehead atoms. The number of piperidine rings is 1. The third kappa shape index (κ3) is 7.36. The lowest BCUT2D eigenvalue weighted by molar-refractivity contribution is -0.146. The van der Waals surface area contributed by atoms with Crippen LogP contribution in [0.5, 0.6) is 0 Å². The number of anilines is 1. The van der Waals surface area contributed by atoms with Gasteiger partial charge in [0.05, 0.1) is 18.8 Å². The number of nitrogens with zero attached hydrogens (tertiary/aromatic N) is 2. The van der Waals surface area contributed by atoms with Crippen molar-refractivity contribution in [2.45, 2.75) is 88.9 Å². The van der Waals surface area contributed by atoms with Gasteiger partial charge in [-0.1, -0.05) is 38.2 Å². The number of rotatable bonds is 9. The van der Waals surface area contributed by atoms with Gasteiger partial charge in [0.1, 0.15) is 11.4 Å². The molecule has 9 nitrogen and oxygen atoms in total. The molecule has 0 aromatic carbocycles. The highest BCUT2D eigenvalue weighted by molar-refractivity contribution is 5.96. The fourth-order valence-corrected chi connectivity index (χ4v) is 6.76. The summed E-state index contributed by atoms with van der Waals surface area (Å²) in [6.45, 7) is 5.97. The van der Waals surface area contributed by atoms with Crippen LogP contribution in [-0.4, -0.2) is 72.2 Å². The summed E-state index contributed by atoms with van der Waals surface area (Å²) in [7, 11) is 0. The van der Waals surface area contributed by atoms with Crippen LogP contribution in [0.2, 0.25) is 0 Å². The number of halogens is 2. The molecule has 5 rings (SSSR count). The van der Waals surface area contributed by atoms with Gasteiger partial charge in [-0.15, -0.1) is 24.8 Å². The number of nitrogens with two attached hydrogens (primary N) is 1. The highest BCUT2D eigenvalue weighted by Gasteiger charge is 2.66. The Kier molecular flexibility index (Phi) is 11.7. The van der Waals surface area contributed by atoms with Gasteiger partial charge in [-0.2, -0.15) is 0 Å². The molecule has 0 radical (unpaired) electrons. The van der Waals surface area contributed by atoms with E-state index in [9.17, 15) is 9.59 Å². The maximum absolute atomic E-state index is 14.2. The number of aromatic nitrogens is 1. The van der Waals surface area contributed by atoms with E-state index in [0.29, 0.717) is 38.0 Å². The second kappa shape index (κ2) is 14.3. The Morgan fingerprint density at radius 1 is 1.21 bits per heavy atom. The zero-order chi connectivity index (χ0) is 25.8. The smallest absolute Gasteiger partial charge is 0.246 e. The summed E-state index contributed by atoms with van der Waals surface area (Å²) in [5.41, 5.74) is 6.84. The summed E-state index contributed by atoms with van der Waals surface area (Å²) < 4.78 is 5.89. The Bertz CT molecular complexity index is 973. The van der Waals surface area contributed by atoms with Gasteiger partial charge in [-0.05, 0) is 56.1 Å². The minimum absolute atomic E-state index is 0. The number of pyridine rings is 1. The fraction of sp³-hybridized carbons (Fsp3) is 0.750. The van der Waals surface area contributed by atoms with E-state index >= 15 is 0 Å². The molecule has 3 heterocycles. The number of morpholine rings is 1. The number of carbonyl (C=O) groups excluding carboxylic acids is 2. The van der Waals surface area contributed by atoms with Crippen LogP contribution in [0.4, 0.5) is 5.82 Å². The van der Waals surface area contributed by atoms with Crippen LogP contribution in [-0.2, 0) is 20.9 Å². The summed E-state index contributed by atoms with van der Waals surface area (Å²) in [5.74, 6) is 1.35. The van der Waals surface area contributed by atoms with Gasteiger partial charge in [-0.25, -0.2) is 4.98 Å². The van der Waals surface area contributed by atoms with Crippen molar-refractivity contribution in [3.05, 3.63) is 23.4 Å². The Morgan fingerprint density at radius 3 is 2.72 bits per heavy atom. The zero-order valence-corrected chi connectivity index (χ0v) is 24.7. The number of nitrogens with one attached hydrogen (secondary N) is 3. The minimum Gasteiger partial charge on any atom is -0.384 e. The van der Waals surface area contributed by atoms with Gasteiger partial charge in [0, 0.05) is 38.4 Å². The Morgan fingerprint density at radius 2 is 2.00 bits per heavy atom. The van der Waals surface area contributed by atoms with E-state index in [2.05, 4.69) is 20.9 Å². The van der Waals surface area contributed by atoms with E-state index in [1.165, 1.54) is 32.1 Å². The largest absolute Gasteiger partial charge is 0.384 e. The van der Waals surface area contributed by atoms with Gasteiger partial charge in [0.15, 0.2) is 0 Å². The number of hydrogen-bond donors (Lipinski definition) is 4. The predicted molar refractivity (Wildman–Crippen MR) is 157 cm³/mol. The number of amides is 2. The van der Waals surface area contributed by atoms with Crippen LogP contribution in [0.3, 0.4) is 0 Å². The molecular formula is C28H46Cl2N6O3. The van der Waals surface area contributed by atoms with Gasteiger partial charge < -0.3 is 31.3 Å². The molecule has 0 spiro atoms. The average molecular weight is 586 g/mol. The number of nitrogen functional groups attached to an aromatic ring is 1. The lowest BCUT2D eigenvalue weighted by atomic mass is 9.84. The lowest BCUT2D eigenvalue weighted by Crippen LogP contribution is -2.60. The van der Waals surface area contributed by atoms with E-state index in [1.54, 1.807) is 6.07 Å². The van der Waals surface area contributed by atoms with Crippen molar-refractivity contribution in [1.29, 1.82) is 0 Å². The molecule has 1 aromatic heterocycles. The molecule has 2 aliphatic heterocycles. The first-order valence-corrected chi connectivity index (χ1v) is 14.3. The van der Waals surface area contributed by atoms with Crippen molar-refractivity contribution >= 4 is 42.4 Å². The first-order chi connectivity index (χ1) is 18.0. The molecule has 220 valence electrons. The minimum atomic E-state index is -0.708. The van der Waals surface area contributed by atoms with Gasteiger partial charge in [0.25, 0.3) is 0 Å². The third-order valence-electron chi connectivity index (χ3n) is 8.99. The van der Waals surface area contributed by atoms with Crippen LogP contribution >= 0.6 is 24.8 Å². The van der Waals surface area contributed by atoms with Crippen molar-refractivity contribution in [3.8, 4) is 0 Å². The highest BCUT2D eigenvalue weighted by Crippen LogP contribution is 2.54. The van der Waals surface area contributed by atoms with Crippen molar-refractivity contribution in [2.24, 2.45) is 11.8 Å². The van der Waals surface area contributed by atoms with Gasteiger partial charge in [-0.3, -0.25) is 9.59 Å². The highest BCUT2D eigenvalue weighted by atomic mass is 35.5. The van der Waals surface area contributed by atoms with Crippen LogP contribution < -0.4 is 21.7 Å². The quantitative estimate of drug-likeness (QED) is 0.352. The molecule has 1 aromatic rings. The molecule has 2 aliphatic carbocycles. The lowest BCUT2D eigenvalue weighted by Gasteiger charge is -2.39. The Labute approximate surface area is 245 Å². The summed E-state index contributed by atoms with van der Waals surface area (Å²) in [6.07, 6.45) is 9.80. The molecule has 2 amide bonds. The first-order valence-electron chi connectivity index (χ1n) is 14.3. The third-order valence-corrected chi connectivity index (χ3v) is 8.99. The molecule has 5 N–H and O–H groups in total. The number of carbonyl (C=O) groups is 2. The molecular weight excluding hydrogens is 539 g/mol. The summed E-state index contributed by atoms with van der Waals surface area (Å²) in [4.78, 5) is 34.1. The van der Waals surface area contributed by atoms with Gasteiger partial charge in [0.2, 0.25) is 11.8 Å². The van der Waals surface area contributed by atoms with Crippen molar-refractivity contribution in [1.82, 2.24) is 25.8 Å². The number of fused-ring (bicyclic) bond motifs is 1. The van der Waals surface area contributed by atoms with Crippen LogP contribution in [0.15, 0.2) is 12.1 Å². The summed E-state index contributed by atoms with van der Waals surface area (Å²) in [5, 5.41) is 10.1.